The molecular formula is C29H37FN4O9. The first-order valence-electron chi connectivity index (χ1n) is 13.6. The van der Waals surface area contributed by atoms with Crippen molar-refractivity contribution in [3.05, 3.63) is 75.6 Å². The molecule has 0 aliphatic rings. The topological polar surface area (TPSA) is 175 Å². The number of non-ortho nitro benzene ring substituents is 1. The number of alkyl carbamates (subject to hydrolysis) is 2. The predicted octanol–water partition coefficient (Wildman–Crippen LogP) is 3.92. The molecule has 2 unspecified atom stereocenters. The Hall–Kier alpha value is -4.75. The summed E-state index contributed by atoms with van der Waals surface area (Å²) in [6.07, 6.45) is -1.32. The number of ether oxygens (including phenoxy) is 3. The van der Waals surface area contributed by atoms with Crippen LogP contribution in [0, 0.1) is 15.9 Å². The Morgan fingerprint density at radius 2 is 1.53 bits per heavy atom. The number of amides is 3. The molecule has 0 saturated carbocycles. The van der Waals surface area contributed by atoms with Crippen molar-refractivity contribution in [3.8, 4) is 0 Å². The highest BCUT2D eigenvalue weighted by molar-refractivity contribution is 5.89. The first-order valence-corrected chi connectivity index (χ1v) is 13.6. The quantitative estimate of drug-likeness (QED) is 0.0949. The second kappa shape index (κ2) is 16.6. The van der Waals surface area contributed by atoms with Gasteiger partial charge in [0.05, 0.1) is 11.5 Å². The van der Waals surface area contributed by atoms with Gasteiger partial charge in [-0.15, -0.1) is 0 Å². The summed E-state index contributed by atoms with van der Waals surface area (Å²) >= 11 is 0. The number of nitrogens with zero attached hydrogens (tertiary/aromatic N) is 1. The summed E-state index contributed by atoms with van der Waals surface area (Å²) in [6.45, 7) is 6.70. The maximum absolute atomic E-state index is 13.4. The number of nitro benzene ring substituents is 1. The van der Waals surface area contributed by atoms with Gasteiger partial charge >= 0.3 is 18.2 Å². The van der Waals surface area contributed by atoms with Crippen molar-refractivity contribution >= 4 is 29.8 Å². The molecule has 0 aromatic heterocycles. The molecule has 2 aromatic carbocycles. The highest BCUT2D eigenvalue weighted by atomic mass is 19.1. The second-order valence-corrected chi connectivity index (χ2v) is 10.4. The lowest BCUT2D eigenvalue weighted by molar-refractivity contribution is -0.384. The Morgan fingerprint density at radius 3 is 2.12 bits per heavy atom. The van der Waals surface area contributed by atoms with Crippen molar-refractivity contribution in [3.63, 3.8) is 0 Å². The van der Waals surface area contributed by atoms with E-state index in [-0.39, 0.29) is 44.7 Å². The van der Waals surface area contributed by atoms with Gasteiger partial charge in [-0.25, -0.2) is 18.8 Å². The number of nitrogens with one attached hydrogen (secondary N) is 3. The monoisotopic (exact) mass is 604 g/mol. The smallest absolute Gasteiger partial charge is 0.408 e. The zero-order chi connectivity index (χ0) is 32.0. The van der Waals surface area contributed by atoms with Crippen LogP contribution in [-0.2, 0) is 36.8 Å². The van der Waals surface area contributed by atoms with Crippen LogP contribution in [0.2, 0.25) is 0 Å². The number of rotatable bonds is 14. The van der Waals surface area contributed by atoms with Crippen molar-refractivity contribution in [2.45, 2.75) is 71.2 Å². The van der Waals surface area contributed by atoms with Crippen molar-refractivity contribution < 1.29 is 42.7 Å². The molecule has 0 spiro atoms. The van der Waals surface area contributed by atoms with Crippen LogP contribution in [-0.4, -0.2) is 59.8 Å². The molecule has 2 atom stereocenters. The highest BCUT2D eigenvalue weighted by Gasteiger charge is 2.28. The van der Waals surface area contributed by atoms with E-state index in [9.17, 15) is 33.7 Å². The van der Waals surface area contributed by atoms with E-state index in [4.69, 9.17) is 14.2 Å². The zero-order valence-electron chi connectivity index (χ0n) is 24.5. The molecule has 13 nitrogen and oxygen atoms in total. The van der Waals surface area contributed by atoms with E-state index in [2.05, 4.69) is 16.0 Å². The fourth-order valence-electron chi connectivity index (χ4n) is 3.69. The number of esters is 1. The van der Waals surface area contributed by atoms with Crippen LogP contribution >= 0.6 is 0 Å². The molecule has 0 saturated heterocycles. The lowest BCUT2D eigenvalue weighted by atomic mass is 10.0. The molecule has 234 valence electrons. The minimum absolute atomic E-state index is 0.00234. The van der Waals surface area contributed by atoms with Gasteiger partial charge in [0.2, 0.25) is 5.91 Å². The summed E-state index contributed by atoms with van der Waals surface area (Å²) < 4.78 is 28.8. The summed E-state index contributed by atoms with van der Waals surface area (Å²) in [5.41, 5.74) is 0.216. The number of carbonyl (C=O) groups is 4. The Kier molecular flexibility index (Phi) is 13.3. The molecule has 0 aliphatic heterocycles. The van der Waals surface area contributed by atoms with Crippen molar-refractivity contribution in [2.75, 3.05) is 13.2 Å². The number of halogens is 1. The Labute approximate surface area is 248 Å². The summed E-state index contributed by atoms with van der Waals surface area (Å²) in [5.74, 6) is -1.90. The Bertz CT molecular complexity index is 1250. The normalized spacial score (nSPS) is 12.3. The molecule has 3 amide bonds. The lowest BCUT2D eigenvalue weighted by Gasteiger charge is -2.23. The molecule has 43 heavy (non-hydrogen) atoms. The van der Waals surface area contributed by atoms with E-state index >= 15 is 0 Å². The average Bonchev–Trinajstić information content (AvgIpc) is 2.93. The van der Waals surface area contributed by atoms with Gasteiger partial charge in [-0.1, -0.05) is 12.1 Å². The SMILES string of the molecule is CCOC(=O)C(Cc1ccc(F)cc1)NC(=O)C(CCCNC(=O)OC(C)(C)C)NC(=O)OCc1ccc([N+](=O)[O-])cc1. The molecule has 2 aromatic rings. The first kappa shape index (κ1) is 34.5. The molecule has 0 aliphatic carbocycles. The Morgan fingerprint density at radius 1 is 0.907 bits per heavy atom. The first-order chi connectivity index (χ1) is 20.3. The van der Waals surface area contributed by atoms with E-state index in [1.807, 2.05) is 0 Å². The van der Waals surface area contributed by atoms with Gasteiger partial charge in [-0.3, -0.25) is 14.9 Å². The third-order valence-electron chi connectivity index (χ3n) is 5.70. The van der Waals surface area contributed by atoms with Gasteiger partial charge in [0, 0.05) is 25.1 Å². The van der Waals surface area contributed by atoms with E-state index in [1.165, 1.54) is 48.5 Å². The van der Waals surface area contributed by atoms with Crippen molar-refractivity contribution in [1.82, 2.24) is 16.0 Å². The number of benzene rings is 2. The van der Waals surface area contributed by atoms with E-state index in [0.29, 0.717) is 11.1 Å². The molecule has 14 heteroatoms. The third kappa shape index (κ3) is 13.2. The minimum Gasteiger partial charge on any atom is -0.464 e. The summed E-state index contributed by atoms with van der Waals surface area (Å²) in [4.78, 5) is 60.8. The van der Waals surface area contributed by atoms with E-state index in [0.717, 1.165) is 0 Å². The third-order valence-corrected chi connectivity index (χ3v) is 5.70. The van der Waals surface area contributed by atoms with Gasteiger partial charge < -0.3 is 30.2 Å². The van der Waals surface area contributed by atoms with E-state index in [1.54, 1.807) is 27.7 Å². The number of hydrogen-bond acceptors (Lipinski definition) is 9. The summed E-state index contributed by atoms with van der Waals surface area (Å²) in [7, 11) is 0. The molecular weight excluding hydrogens is 567 g/mol. The second-order valence-electron chi connectivity index (χ2n) is 10.4. The largest absolute Gasteiger partial charge is 0.464 e. The molecule has 0 bridgehead atoms. The van der Waals surface area contributed by atoms with Gasteiger partial charge in [0.15, 0.2) is 0 Å². The van der Waals surface area contributed by atoms with Crippen LogP contribution in [0.3, 0.4) is 0 Å². The fourth-order valence-corrected chi connectivity index (χ4v) is 3.69. The molecule has 3 N–H and O–H groups in total. The molecule has 0 radical (unpaired) electrons. The van der Waals surface area contributed by atoms with Crippen molar-refractivity contribution in [1.29, 1.82) is 0 Å². The maximum atomic E-state index is 13.4. The van der Waals surface area contributed by atoms with Gasteiger partial charge in [-0.05, 0) is 75.9 Å². The highest BCUT2D eigenvalue weighted by Crippen LogP contribution is 2.13. The fraction of sp³-hybridized carbons (Fsp3) is 0.448. The van der Waals surface area contributed by atoms with Crippen LogP contribution in [0.1, 0.15) is 51.7 Å². The van der Waals surface area contributed by atoms with Crippen molar-refractivity contribution in [2.24, 2.45) is 0 Å². The standard InChI is InChI=1S/C29H37FN4O9/c1-5-41-26(36)24(17-19-8-12-21(30)13-9-19)32-25(35)23(7-6-16-31-27(37)43-29(2,3)4)33-28(38)42-18-20-10-14-22(15-11-20)34(39)40/h8-15,23-24H,5-7,16-18H2,1-4H3,(H,31,37)(H,32,35)(H,33,38). The number of hydrogen-bond donors (Lipinski definition) is 3. The Balaban J connectivity index is 2.10. The van der Waals surface area contributed by atoms with Crippen LogP contribution in [0.15, 0.2) is 48.5 Å². The maximum Gasteiger partial charge on any atom is 0.408 e. The van der Waals surface area contributed by atoms with E-state index < -0.39 is 52.5 Å². The van der Waals surface area contributed by atoms with Crippen LogP contribution in [0.25, 0.3) is 0 Å². The molecule has 0 heterocycles. The van der Waals surface area contributed by atoms with Gasteiger partial charge in [0.25, 0.3) is 5.69 Å². The predicted molar refractivity (Wildman–Crippen MR) is 152 cm³/mol. The van der Waals surface area contributed by atoms with Crippen LogP contribution in [0.4, 0.5) is 19.7 Å². The van der Waals surface area contributed by atoms with Gasteiger partial charge in [0.1, 0.15) is 30.1 Å². The lowest BCUT2D eigenvalue weighted by Crippen LogP contribution is -2.52. The van der Waals surface area contributed by atoms with Crippen LogP contribution in [0.5, 0.6) is 0 Å². The number of carbonyl (C=O) groups excluding carboxylic acids is 4. The molecule has 0 fully saturated rings. The zero-order valence-corrected chi connectivity index (χ0v) is 24.5. The minimum atomic E-state index is -1.19. The summed E-state index contributed by atoms with van der Waals surface area (Å²) in [6, 6.07) is 8.46. The summed E-state index contributed by atoms with van der Waals surface area (Å²) in [5, 5.41) is 18.5. The average molecular weight is 605 g/mol. The molecule has 2 rings (SSSR count). The van der Waals surface area contributed by atoms with Gasteiger partial charge in [-0.2, -0.15) is 0 Å². The van der Waals surface area contributed by atoms with Crippen LogP contribution < -0.4 is 16.0 Å². The number of nitro groups is 1.